The molecule has 2 aromatic rings. The highest BCUT2D eigenvalue weighted by Gasteiger charge is 2.49. The number of benzene rings is 1. The van der Waals surface area contributed by atoms with Gasteiger partial charge in [0.1, 0.15) is 23.0 Å². The SMILES string of the molecule is COc1ccc(-c2ccc(C)c(C=O)n2)c(C)c1C1C2=C(CC(C)(C)CC2=O)OC2=C1C(=O)CC(C)(C)C2. The summed E-state index contributed by atoms with van der Waals surface area (Å²) in [6, 6.07) is 7.56. The maximum absolute atomic E-state index is 13.8. The molecule has 1 aromatic carbocycles. The molecule has 0 bridgehead atoms. The molecule has 2 heterocycles. The summed E-state index contributed by atoms with van der Waals surface area (Å²) in [6.07, 6.45) is 2.78. The first-order chi connectivity index (χ1) is 17.9. The number of hydrogen-bond donors (Lipinski definition) is 0. The van der Waals surface area contributed by atoms with Crippen LogP contribution in [0.4, 0.5) is 0 Å². The normalized spacial score (nSPS) is 20.6. The van der Waals surface area contributed by atoms with Gasteiger partial charge in [0.15, 0.2) is 17.9 Å². The van der Waals surface area contributed by atoms with Gasteiger partial charge in [-0.1, -0.05) is 33.8 Å². The summed E-state index contributed by atoms with van der Waals surface area (Å²) in [7, 11) is 1.61. The van der Waals surface area contributed by atoms with Crippen LogP contribution in [0.5, 0.6) is 5.75 Å². The minimum absolute atomic E-state index is 0.00833. The third-order valence-corrected chi connectivity index (χ3v) is 8.09. The molecule has 3 aliphatic rings. The van der Waals surface area contributed by atoms with Gasteiger partial charge >= 0.3 is 0 Å². The molecule has 0 saturated heterocycles. The van der Waals surface area contributed by atoms with Crippen LogP contribution in [-0.4, -0.2) is 29.9 Å². The number of rotatable bonds is 4. The predicted octanol–water partition coefficient (Wildman–Crippen LogP) is 6.59. The van der Waals surface area contributed by atoms with Gasteiger partial charge in [-0.3, -0.25) is 14.4 Å². The number of carbonyl (C=O) groups is 3. The van der Waals surface area contributed by atoms with Crippen molar-refractivity contribution in [2.45, 2.75) is 73.1 Å². The van der Waals surface area contributed by atoms with Gasteiger partial charge in [-0.2, -0.15) is 0 Å². The van der Waals surface area contributed by atoms with Crippen molar-refractivity contribution in [1.29, 1.82) is 0 Å². The molecule has 6 heteroatoms. The quantitative estimate of drug-likeness (QED) is 0.429. The number of pyridine rings is 1. The van der Waals surface area contributed by atoms with E-state index in [1.54, 1.807) is 7.11 Å². The van der Waals surface area contributed by atoms with E-state index in [1.165, 1.54) is 0 Å². The van der Waals surface area contributed by atoms with Gasteiger partial charge in [0, 0.05) is 48.0 Å². The van der Waals surface area contributed by atoms with Crippen LogP contribution < -0.4 is 4.74 Å². The zero-order chi connectivity index (χ0) is 27.6. The van der Waals surface area contributed by atoms with Gasteiger partial charge in [0.2, 0.25) is 0 Å². The van der Waals surface area contributed by atoms with E-state index in [9.17, 15) is 14.4 Å². The van der Waals surface area contributed by atoms with E-state index < -0.39 is 5.92 Å². The zero-order valence-electron chi connectivity index (χ0n) is 23.3. The van der Waals surface area contributed by atoms with E-state index in [2.05, 4.69) is 32.7 Å². The van der Waals surface area contributed by atoms with Crippen LogP contribution in [0.2, 0.25) is 0 Å². The smallest absolute Gasteiger partial charge is 0.168 e. The molecule has 0 radical (unpaired) electrons. The van der Waals surface area contributed by atoms with Crippen LogP contribution in [-0.2, 0) is 14.3 Å². The predicted molar refractivity (Wildman–Crippen MR) is 145 cm³/mol. The third-order valence-electron chi connectivity index (χ3n) is 8.09. The number of aryl methyl sites for hydroxylation is 1. The molecule has 2 aliphatic carbocycles. The van der Waals surface area contributed by atoms with E-state index in [0.29, 0.717) is 65.5 Å². The first-order valence-electron chi connectivity index (χ1n) is 13.2. The number of methoxy groups -OCH3 is 1. The van der Waals surface area contributed by atoms with Gasteiger partial charge in [-0.25, -0.2) is 4.98 Å². The van der Waals surface area contributed by atoms with Crippen LogP contribution in [0, 0.1) is 24.7 Å². The lowest BCUT2D eigenvalue weighted by molar-refractivity contribution is -0.120. The molecule has 1 aliphatic heterocycles. The lowest BCUT2D eigenvalue weighted by atomic mass is 9.65. The van der Waals surface area contributed by atoms with Crippen molar-refractivity contribution in [2.24, 2.45) is 10.8 Å². The van der Waals surface area contributed by atoms with Crippen molar-refractivity contribution in [3.63, 3.8) is 0 Å². The van der Waals surface area contributed by atoms with Gasteiger partial charge < -0.3 is 9.47 Å². The molecule has 0 atom stereocenters. The molecule has 0 amide bonds. The molecule has 0 saturated carbocycles. The van der Waals surface area contributed by atoms with Crippen LogP contribution in [0.15, 0.2) is 46.9 Å². The summed E-state index contributed by atoms with van der Waals surface area (Å²) in [4.78, 5) is 43.7. The summed E-state index contributed by atoms with van der Waals surface area (Å²) in [5.74, 6) is 1.39. The number of carbonyl (C=O) groups excluding carboxylic acids is 3. The average molecular weight is 514 g/mol. The van der Waals surface area contributed by atoms with E-state index in [-0.39, 0.29) is 22.4 Å². The summed E-state index contributed by atoms with van der Waals surface area (Å²) in [5.41, 5.74) is 4.98. The van der Waals surface area contributed by atoms with Crippen molar-refractivity contribution in [1.82, 2.24) is 4.98 Å². The molecule has 1 aromatic heterocycles. The fourth-order valence-corrected chi connectivity index (χ4v) is 6.30. The maximum atomic E-state index is 13.8. The molecule has 6 nitrogen and oxygen atoms in total. The largest absolute Gasteiger partial charge is 0.496 e. The maximum Gasteiger partial charge on any atom is 0.168 e. The number of ketones is 2. The molecule has 5 rings (SSSR count). The summed E-state index contributed by atoms with van der Waals surface area (Å²) in [6.45, 7) is 12.1. The van der Waals surface area contributed by atoms with E-state index in [4.69, 9.17) is 9.47 Å². The Bertz CT molecular complexity index is 1400. The number of nitrogens with zero attached hydrogens (tertiary/aromatic N) is 1. The Hall–Kier alpha value is -3.54. The Balaban J connectivity index is 1.79. The fourth-order valence-electron chi connectivity index (χ4n) is 6.30. The Morgan fingerprint density at radius 2 is 1.47 bits per heavy atom. The highest BCUT2D eigenvalue weighted by Crippen LogP contribution is 2.55. The van der Waals surface area contributed by atoms with Gasteiger partial charge in [0.25, 0.3) is 0 Å². The number of ether oxygens (including phenoxy) is 2. The van der Waals surface area contributed by atoms with Crippen LogP contribution >= 0.6 is 0 Å². The average Bonchev–Trinajstić information content (AvgIpc) is 2.81. The molecule has 38 heavy (non-hydrogen) atoms. The highest BCUT2D eigenvalue weighted by molar-refractivity contribution is 6.06. The van der Waals surface area contributed by atoms with E-state index >= 15 is 0 Å². The van der Waals surface area contributed by atoms with Gasteiger partial charge in [-0.05, 0) is 54.0 Å². The highest BCUT2D eigenvalue weighted by atomic mass is 16.5. The number of Topliss-reactive ketones (excluding diaryl/α,β-unsaturated/α-hetero) is 2. The monoisotopic (exact) mass is 513 g/mol. The topological polar surface area (TPSA) is 82.6 Å². The van der Waals surface area contributed by atoms with Crippen molar-refractivity contribution in [3.05, 3.63) is 69.3 Å². The number of aromatic nitrogens is 1. The first-order valence-corrected chi connectivity index (χ1v) is 13.2. The second-order valence-electron chi connectivity index (χ2n) is 12.5. The van der Waals surface area contributed by atoms with Crippen LogP contribution in [0.25, 0.3) is 11.3 Å². The molecular formula is C32H35NO5. The van der Waals surface area contributed by atoms with Crippen molar-refractivity contribution >= 4 is 17.9 Å². The number of aldehydes is 1. The molecule has 0 fully saturated rings. The van der Waals surface area contributed by atoms with Crippen LogP contribution in [0.1, 0.15) is 86.5 Å². The Morgan fingerprint density at radius 1 is 0.895 bits per heavy atom. The molecular weight excluding hydrogens is 478 g/mol. The lowest BCUT2D eigenvalue weighted by Gasteiger charge is -2.43. The minimum Gasteiger partial charge on any atom is -0.496 e. The minimum atomic E-state index is -0.577. The van der Waals surface area contributed by atoms with Crippen molar-refractivity contribution < 1.29 is 23.9 Å². The number of allylic oxidation sites excluding steroid dienone is 4. The summed E-state index contributed by atoms with van der Waals surface area (Å²) >= 11 is 0. The first kappa shape index (κ1) is 26.1. The molecule has 198 valence electrons. The lowest BCUT2D eigenvalue weighted by Crippen LogP contribution is -2.38. The second-order valence-corrected chi connectivity index (χ2v) is 12.5. The van der Waals surface area contributed by atoms with E-state index in [1.807, 2.05) is 38.1 Å². The number of hydrogen-bond acceptors (Lipinski definition) is 6. The molecule has 0 spiro atoms. The molecule has 0 N–H and O–H groups in total. The molecule has 0 unspecified atom stereocenters. The third kappa shape index (κ3) is 4.30. The van der Waals surface area contributed by atoms with E-state index in [0.717, 1.165) is 28.5 Å². The Morgan fingerprint density at radius 3 is 2.00 bits per heavy atom. The zero-order valence-corrected chi connectivity index (χ0v) is 23.3. The Kier molecular flexibility index (Phi) is 6.20. The van der Waals surface area contributed by atoms with Crippen molar-refractivity contribution in [2.75, 3.05) is 7.11 Å². The van der Waals surface area contributed by atoms with Gasteiger partial charge in [0.05, 0.1) is 18.7 Å². The Labute approximate surface area is 224 Å². The summed E-state index contributed by atoms with van der Waals surface area (Å²) in [5, 5.41) is 0. The second kappa shape index (κ2) is 9.04. The standard InChI is InChI=1S/C32H35NO5/c1-17-8-10-20(33-21(17)16-34)19-9-11-24(37-7)27(18(19)2)30-28-22(35)12-31(3,4)14-25(28)38-26-15-32(5,6)13-23(36)29(26)30/h8-11,16,30H,12-15H2,1-7H3. The fraction of sp³-hybridized carbons (Fsp3) is 0.438. The summed E-state index contributed by atoms with van der Waals surface area (Å²) < 4.78 is 12.3. The van der Waals surface area contributed by atoms with Gasteiger partial charge in [-0.15, -0.1) is 0 Å². The van der Waals surface area contributed by atoms with Crippen LogP contribution in [0.3, 0.4) is 0 Å². The van der Waals surface area contributed by atoms with Crippen molar-refractivity contribution in [3.8, 4) is 17.0 Å².